The van der Waals surface area contributed by atoms with Crippen molar-refractivity contribution in [3.8, 4) is 0 Å². The third kappa shape index (κ3) is 3.09. The van der Waals surface area contributed by atoms with Gasteiger partial charge in [-0.2, -0.15) is 0 Å². The molecule has 4 rings (SSSR count). The Hall–Kier alpha value is -2.29. The average molecular weight is 306 g/mol. The molecule has 1 saturated carbocycles. The van der Waals surface area contributed by atoms with E-state index in [9.17, 15) is 4.79 Å². The second kappa shape index (κ2) is 6.07. The highest BCUT2D eigenvalue weighted by Gasteiger charge is 2.30. The quantitative estimate of drug-likeness (QED) is 0.920. The topological polar surface area (TPSA) is 32.3 Å². The molecule has 2 aromatic carbocycles. The summed E-state index contributed by atoms with van der Waals surface area (Å²) in [6.45, 7) is 2.28. The number of rotatable bonds is 3. The van der Waals surface area contributed by atoms with Crippen molar-refractivity contribution in [2.75, 3.05) is 13.1 Å². The number of amides is 2. The molecular weight excluding hydrogens is 284 g/mol. The number of nitrogens with zero attached hydrogens (tertiary/aromatic N) is 1. The van der Waals surface area contributed by atoms with E-state index >= 15 is 0 Å². The predicted molar refractivity (Wildman–Crippen MR) is 91.3 cm³/mol. The summed E-state index contributed by atoms with van der Waals surface area (Å²) in [5.74, 6) is 0.966. The minimum Gasteiger partial charge on any atom is -0.338 e. The number of carbonyl (C=O) groups is 1. The van der Waals surface area contributed by atoms with Gasteiger partial charge in [-0.3, -0.25) is 0 Å². The van der Waals surface area contributed by atoms with Crippen LogP contribution in [-0.4, -0.2) is 24.0 Å². The van der Waals surface area contributed by atoms with E-state index in [2.05, 4.69) is 53.8 Å². The van der Waals surface area contributed by atoms with Crippen LogP contribution in [0.3, 0.4) is 0 Å². The smallest absolute Gasteiger partial charge is 0.317 e. The van der Waals surface area contributed by atoms with Crippen molar-refractivity contribution in [2.24, 2.45) is 5.92 Å². The maximum Gasteiger partial charge on any atom is 0.317 e. The second-order valence-electron chi connectivity index (χ2n) is 6.67. The molecule has 1 aliphatic heterocycles. The molecule has 2 aromatic rings. The summed E-state index contributed by atoms with van der Waals surface area (Å²) in [6.07, 6.45) is 2.52. The molecule has 1 atom stereocenters. The Balaban J connectivity index is 1.59. The predicted octanol–water partition coefficient (Wildman–Crippen LogP) is 3.75. The third-order valence-electron chi connectivity index (χ3n) is 4.92. The lowest BCUT2D eigenvalue weighted by Crippen LogP contribution is -2.44. The lowest BCUT2D eigenvalue weighted by molar-refractivity contribution is 0.188. The molecule has 0 unspecified atom stereocenters. The Morgan fingerprint density at radius 2 is 1.78 bits per heavy atom. The first-order valence-electron chi connectivity index (χ1n) is 8.47. The standard InChI is InChI=1S/C20H22N2O/c23-20(21-12-15-10-11-15)22-13-17-8-4-5-9-18(17)19(14-22)16-6-2-1-3-7-16/h1-9,15,19H,10-14H2,(H,21,23)/t19-/m0/s1. The van der Waals surface area contributed by atoms with E-state index in [1.807, 2.05) is 11.0 Å². The van der Waals surface area contributed by atoms with Crippen molar-refractivity contribution in [3.63, 3.8) is 0 Å². The van der Waals surface area contributed by atoms with Crippen LogP contribution in [0, 0.1) is 5.92 Å². The molecule has 118 valence electrons. The Morgan fingerprint density at radius 1 is 1.04 bits per heavy atom. The summed E-state index contributed by atoms with van der Waals surface area (Å²) in [7, 11) is 0. The number of nitrogens with one attached hydrogen (secondary N) is 1. The Labute approximate surface area is 137 Å². The highest BCUT2D eigenvalue weighted by atomic mass is 16.2. The van der Waals surface area contributed by atoms with Crippen LogP contribution < -0.4 is 5.32 Å². The van der Waals surface area contributed by atoms with Crippen molar-refractivity contribution >= 4 is 6.03 Å². The van der Waals surface area contributed by atoms with E-state index in [4.69, 9.17) is 0 Å². The number of hydrogen-bond acceptors (Lipinski definition) is 1. The highest BCUT2D eigenvalue weighted by Crippen LogP contribution is 2.33. The zero-order valence-corrected chi connectivity index (χ0v) is 13.2. The van der Waals surface area contributed by atoms with Crippen LogP contribution in [0.25, 0.3) is 0 Å². The SMILES string of the molecule is O=C(NCC1CC1)N1Cc2ccccc2[C@H](c2ccccc2)C1. The lowest BCUT2D eigenvalue weighted by Gasteiger charge is -2.35. The van der Waals surface area contributed by atoms with Gasteiger partial charge in [0, 0.05) is 25.6 Å². The van der Waals surface area contributed by atoms with E-state index in [0.717, 1.165) is 13.1 Å². The fourth-order valence-electron chi connectivity index (χ4n) is 3.40. The van der Waals surface area contributed by atoms with Gasteiger partial charge in [-0.1, -0.05) is 54.6 Å². The number of carbonyl (C=O) groups excluding carboxylic acids is 1. The van der Waals surface area contributed by atoms with Crippen LogP contribution in [0.1, 0.15) is 35.4 Å². The molecule has 0 bridgehead atoms. The molecule has 0 saturated heterocycles. The van der Waals surface area contributed by atoms with Gasteiger partial charge in [0.25, 0.3) is 0 Å². The van der Waals surface area contributed by atoms with Crippen LogP contribution in [0.2, 0.25) is 0 Å². The van der Waals surface area contributed by atoms with Gasteiger partial charge >= 0.3 is 6.03 Å². The fourth-order valence-corrected chi connectivity index (χ4v) is 3.40. The average Bonchev–Trinajstić information content (AvgIpc) is 3.44. The lowest BCUT2D eigenvalue weighted by atomic mass is 9.85. The summed E-state index contributed by atoms with van der Waals surface area (Å²) in [4.78, 5) is 14.5. The third-order valence-corrected chi connectivity index (χ3v) is 4.92. The van der Waals surface area contributed by atoms with Crippen LogP contribution >= 0.6 is 0 Å². The number of hydrogen-bond donors (Lipinski definition) is 1. The monoisotopic (exact) mass is 306 g/mol. The van der Waals surface area contributed by atoms with Crippen LogP contribution in [0.15, 0.2) is 54.6 Å². The zero-order chi connectivity index (χ0) is 15.6. The second-order valence-corrected chi connectivity index (χ2v) is 6.67. The molecule has 3 nitrogen and oxygen atoms in total. The summed E-state index contributed by atoms with van der Waals surface area (Å²) in [6, 6.07) is 19.1. The molecule has 2 amide bonds. The number of fused-ring (bicyclic) bond motifs is 1. The van der Waals surface area contributed by atoms with Crippen molar-refractivity contribution in [1.29, 1.82) is 0 Å². The van der Waals surface area contributed by atoms with Crippen LogP contribution in [-0.2, 0) is 6.54 Å². The first-order chi connectivity index (χ1) is 11.3. The minimum absolute atomic E-state index is 0.0762. The van der Waals surface area contributed by atoms with E-state index in [1.165, 1.54) is 29.5 Å². The molecule has 1 fully saturated rings. The van der Waals surface area contributed by atoms with Gasteiger partial charge in [0.15, 0.2) is 0 Å². The Morgan fingerprint density at radius 3 is 2.57 bits per heavy atom. The van der Waals surface area contributed by atoms with Crippen molar-refractivity contribution in [2.45, 2.75) is 25.3 Å². The van der Waals surface area contributed by atoms with Crippen molar-refractivity contribution in [3.05, 3.63) is 71.3 Å². The van der Waals surface area contributed by atoms with E-state index < -0.39 is 0 Å². The molecule has 23 heavy (non-hydrogen) atoms. The largest absolute Gasteiger partial charge is 0.338 e. The summed E-state index contributed by atoms with van der Waals surface area (Å²) >= 11 is 0. The maximum atomic E-state index is 12.5. The van der Waals surface area contributed by atoms with Crippen molar-refractivity contribution in [1.82, 2.24) is 10.2 Å². The normalized spacial score (nSPS) is 20.0. The molecule has 0 aromatic heterocycles. The Bertz CT molecular complexity index is 694. The van der Waals surface area contributed by atoms with Crippen LogP contribution in [0.4, 0.5) is 4.79 Å². The molecule has 1 heterocycles. The van der Waals surface area contributed by atoms with Gasteiger partial charge in [0.2, 0.25) is 0 Å². The Kier molecular flexibility index (Phi) is 3.78. The highest BCUT2D eigenvalue weighted by molar-refractivity contribution is 5.75. The zero-order valence-electron chi connectivity index (χ0n) is 13.2. The van der Waals surface area contributed by atoms with Gasteiger partial charge in [0.05, 0.1) is 0 Å². The van der Waals surface area contributed by atoms with E-state index in [1.54, 1.807) is 0 Å². The summed E-state index contributed by atoms with van der Waals surface area (Å²) in [5.41, 5.74) is 3.89. The summed E-state index contributed by atoms with van der Waals surface area (Å²) in [5, 5.41) is 3.10. The molecule has 0 radical (unpaired) electrons. The molecule has 1 N–H and O–H groups in total. The van der Waals surface area contributed by atoms with E-state index in [-0.39, 0.29) is 11.9 Å². The van der Waals surface area contributed by atoms with Gasteiger partial charge in [-0.25, -0.2) is 4.79 Å². The maximum absolute atomic E-state index is 12.5. The molecule has 3 heteroatoms. The van der Waals surface area contributed by atoms with E-state index in [0.29, 0.717) is 12.5 Å². The first kappa shape index (κ1) is 14.3. The van der Waals surface area contributed by atoms with Crippen LogP contribution in [0.5, 0.6) is 0 Å². The van der Waals surface area contributed by atoms with Crippen molar-refractivity contribution < 1.29 is 4.79 Å². The molecule has 1 aliphatic carbocycles. The fraction of sp³-hybridized carbons (Fsp3) is 0.350. The number of urea groups is 1. The summed E-state index contributed by atoms with van der Waals surface area (Å²) < 4.78 is 0. The van der Waals surface area contributed by atoms with Gasteiger partial charge in [-0.15, -0.1) is 0 Å². The van der Waals surface area contributed by atoms with Gasteiger partial charge < -0.3 is 10.2 Å². The van der Waals surface area contributed by atoms with Gasteiger partial charge in [-0.05, 0) is 35.4 Å². The van der Waals surface area contributed by atoms with Gasteiger partial charge in [0.1, 0.15) is 0 Å². The minimum atomic E-state index is 0.0762. The molecular formula is C20H22N2O. The number of benzene rings is 2. The molecule has 2 aliphatic rings. The first-order valence-corrected chi connectivity index (χ1v) is 8.47. The molecule has 0 spiro atoms.